The predicted octanol–water partition coefficient (Wildman–Crippen LogP) is 1.15. The fourth-order valence-corrected chi connectivity index (χ4v) is 1.12. The topological polar surface area (TPSA) is 53.4 Å². The third-order valence-electron chi connectivity index (χ3n) is 1.97. The molecule has 1 rings (SSSR count). The van der Waals surface area contributed by atoms with Gasteiger partial charge in [-0.25, -0.2) is 4.79 Å². The third-order valence-corrected chi connectivity index (χ3v) is 1.97. The zero-order valence-corrected chi connectivity index (χ0v) is 8.63. The molecule has 0 saturated heterocycles. The van der Waals surface area contributed by atoms with Crippen molar-refractivity contribution in [1.29, 1.82) is 0 Å². The molecule has 1 aromatic heterocycles. The van der Waals surface area contributed by atoms with Crippen molar-refractivity contribution in [2.45, 2.75) is 6.42 Å². The molecule has 0 spiro atoms. The second kappa shape index (κ2) is 5.80. The highest BCUT2D eigenvalue weighted by molar-refractivity contribution is 5.79. The van der Waals surface area contributed by atoms with Gasteiger partial charge in [0.05, 0.1) is 0 Å². The Hall–Kier alpha value is -1.84. The summed E-state index contributed by atoms with van der Waals surface area (Å²) in [6, 6.07) is 3.91. The molecule has 4 nitrogen and oxygen atoms in total. The van der Waals surface area contributed by atoms with Crippen molar-refractivity contribution in [2.75, 3.05) is 13.6 Å². The van der Waals surface area contributed by atoms with Gasteiger partial charge in [0.25, 0.3) is 0 Å². The number of nitrogens with zero attached hydrogens (tertiary/aromatic N) is 2. The van der Waals surface area contributed by atoms with Crippen LogP contribution in [0.25, 0.3) is 0 Å². The highest BCUT2D eigenvalue weighted by atomic mass is 16.4. The number of likely N-dealkylation sites (N-methyl/N-ethyl adjacent to an activating group) is 1. The number of carbonyl (C=O) groups is 1. The molecule has 0 aliphatic rings. The number of aliphatic carboxylic acids is 1. The zero-order chi connectivity index (χ0) is 11.1. The SMILES string of the molecule is CN(C=CC(=O)O)CCc1ccncc1. The van der Waals surface area contributed by atoms with E-state index in [-0.39, 0.29) is 0 Å². The van der Waals surface area contributed by atoms with E-state index in [2.05, 4.69) is 4.98 Å². The summed E-state index contributed by atoms with van der Waals surface area (Å²) >= 11 is 0. The standard InChI is InChI=1S/C11H14N2O2/c1-13(9-5-11(14)15)8-4-10-2-6-12-7-3-10/h2-3,5-7,9H,4,8H2,1H3,(H,14,15). The van der Waals surface area contributed by atoms with Crippen molar-refractivity contribution in [3.63, 3.8) is 0 Å². The van der Waals surface area contributed by atoms with Crippen LogP contribution in [0.3, 0.4) is 0 Å². The molecule has 1 aromatic rings. The highest BCUT2D eigenvalue weighted by Gasteiger charge is 1.95. The Kier molecular flexibility index (Phi) is 4.34. The Bertz CT molecular complexity index is 336. The molecular weight excluding hydrogens is 192 g/mol. The number of hydrogen-bond acceptors (Lipinski definition) is 3. The molecule has 80 valence electrons. The molecule has 0 bridgehead atoms. The lowest BCUT2D eigenvalue weighted by molar-refractivity contribution is -0.131. The van der Waals surface area contributed by atoms with E-state index in [1.54, 1.807) is 18.6 Å². The number of carboxylic acid groups (broad SMARTS) is 1. The first-order chi connectivity index (χ1) is 7.18. The Morgan fingerprint density at radius 2 is 2.20 bits per heavy atom. The van der Waals surface area contributed by atoms with E-state index in [1.807, 2.05) is 24.1 Å². The molecule has 4 heteroatoms. The van der Waals surface area contributed by atoms with Crippen LogP contribution < -0.4 is 0 Å². The van der Waals surface area contributed by atoms with Gasteiger partial charge in [0.15, 0.2) is 0 Å². The van der Waals surface area contributed by atoms with E-state index in [1.165, 1.54) is 5.56 Å². The van der Waals surface area contributed by atoms with Gasteiger partial charge in [0.1, 0.15) is 0 Å². The number of aromatic nitrogens is 1. The molecule has 1 N–H and O–H groups in total. The Morgan fingerprint density at radius 1 is 1.53 bits per heavy atom. The average Bonchev–Trinajstić information content (AvgIpc) is 2.25. The molecule has 0 amide bonds. The number of hydrogen-bond donors (Lipinski definition) is 1. The van der Waals surface area contributed by atoms with Crippen LogP contribution in [0, 0.1) is 0 Å². The molecule has 0 atom stereocenters. The van der Waals surface area contributed by atoms with E-state index in [4.69, 9.17) is 5.11 Å². The van der Waals surface area contributed by atoms with Gasteiger partial charge in [-0.15, -0.1) is 0 Å². The van der Waals surface area contributed by atoms with Crippen molar-refractivity contribution in [2.24, 2.45) is 0 Å². The van der Waals surface area contributed by atoms with Crippen molar-refractivity contribution in [3.8, 4) is 0 Å². The fourth-order valence-electron chi connectivity index (χ4n) is 1.12. The van der Waals surface area contributed by atoms with Crippen LogP contribution in [-0.4, -0.2) is 34.6 Å². The maximum absolute atomic E-state index is 10.3. The minimum absolute atomic E-state index is 0.786. The van der Waals surface area contributed by atoms with Crippen molar-refractivity contribution in [1.82, 2.24) is 9.88 Å². The van der Waals surface area contributed by atoms with Gasteiger partial charge in [-0.2, -0.15) is 0 Å². The minimum Gasteiger partial charge on any atom is -0.478 e. The van der Waals surface area contributed by atoms with Gasteiger partial charge < -0.3 is 10.0 Å². The molecule has 0 unspecified atom stereocenters. The van der Waals surface area contributed by atoms with Crippen LogP contribution in [0.5, 0.6) is 0 Å². The molecule has 1 heterocycles. The van der Waals surface area contributed by atoms with Gasteiger partial charge >= 0.3 is 5.97 Å². The quantitative estimate of drug-likeness (QED) is 0.734. The lowest BCUT2D eigenvalue weighted by Crippen LogP contribution is -2.14. The van der Waals surface area contributed by atoms with Crippen LogP contribution in [0.2, 0.25) is 0 Å². The minimum atomic E-state index is -0.925. The van der Waals surface area contributed by atoms with Crippen LogP contribution in [0.15, 0.2) is 36.8 Å². The first kappa shape index (κ1) is 11.2. The summed E-state index contributed by atoms with van der Waals surface area (Å²) in [4.78, 5) is 16.0. The summed E-state index contributed by atoms with van der Waals surface area (Å²) in [6.45, 7) is 0.786. The first-order valence-electron chi connectivity index (χ1n) is 4.69. The van der Waals surface area contributed by atoms with Gasteiger partial charge in [-0.05, 0) is 24.1 Å². The zero-order valence-electron chi connectivity index (χ0n) is 8.63. The van der Waals surface area contributed by atoms with Crippen LogP contribution >= 0.6 is 0 Å². The second-order valence-electron chi connectivity index (χ2n) is 3.24. The first-order valence-corrected chi connectivity index (χ1v) is 4.69. The number of rotatable bonds is 5. The van der Waals surface area contributed by atoms with E-state index in [0.29, 0.717) is 0 Å². The lowest BCUT2D eigenvalue weighted by Gasteiger charge is -2.12. The molecule has 0 aliphatic carbocycles. The summed E-state index contributed by atoms with van der Waals surface area (Å²) in [5.74, 6) is -0.925. The second-order valence-corrected chi connectivity index (χ2v) is 3.24. The van der Waals surface area contributed by atoms with Crippen molar-refractivity contribution < 1.29 is 9.90 Å². The Labute approximate surface area is 88.9 Å². The molecular formula is C11H14N2O2. The Balaban J connectivity index is 2.34. The van der Waals surface area contributed by atoms with Gasteiger partial charge in [-0.3, -0.25) is 4.98 Å². The van der Waals surface area contributed by atoms with Gasteiger partial charge in [0.2, 0.25) is 0 Å². The number of pyridine rings is 1. The summed E-state index contributed by atoms with van der Waals surface area (Å²) in [7, 11) is 1.85. The normalized spacial score (nSPS) is 10.5. The van der Waals surface area contributed by atoms with Crippen LogP contribution in [0.4, 0.5) is 0 Å². The lowest BCUT2D eigenvalue weighted by atomic mass is 10.2. The fraction of sp³-hybridized carbons (Fsp3) is 0.273. The van der Waals surface area contributed by atoms with Gasteiger partial charge in [-0.1, -0.05) is 0 Å². The molecule has 15 heavy (non-hydrogen) atoms. The van der Waals surface area contributed by atoms with Crippen molar-refractivity contribution in [3.05, 3.63) is 42.4 Å². The third kappa shape index (κ3) is 4.81. The molecule has 0 radical (unpaired) electrons. The van der Waals surface area contributed by atoms with E-state index < -0.39 is 5.97 Å². The maximum atomic E-state index is 10.3. The average molecular weight is 206 g/mol. The Morgan fingerprint density at radius 3 is 2.80 bits per heavy atom. The largest absolute Gasteiger partial charge is 0.478 e. The maximum Gasteiger partial charge on any atom is 0.329 e. The highest BCUT2D eigenvalue weighted by Crippen LogP contribution is 1.98. The molecule has 0 aromatic carbocycles. The predicted molar refractivity (Wildman–Crippen MR) is 57.3 cm³/mol. The molecule has 0 aliphatic heterocycles. The van der Waals surface area contributed by atoms with Gasteiger partial charge in [0, 0.05) is 38.3 Å². The van der Waals surface area contributed by atoms with Crippen LogP contribution in [-0.2, 0) is 11.2 Å². The molecule has 0 fully saturated rings. The summed E-state index contributed by atoms with van der Waals surface area (Å²) in [6.07, 6.45) is 7.07. The van der Waals surface area contributed by atoms with Crippen LogP contribution in [0.1, 0.15) is 5.56 Å². The van der Waals surface area contributed by atoms with E-state index >= 15 is 0 Å². The monoisotopic (exact) mass is 206 g/mol. The van der Waals surface area contributed by atoms with Crippen molar-refractivity contribution >= 4 is 5.97 Å². The summed E-state index contributed by atoms with van der Waals surface area (Å²) in [5, 5.41) is 8.43. The summed E-state index contributed by atoms with van der Waals surface area (Å²) in [5.41, 5.74) is 1.19. The number of carboxylic acids is 1. The van der Waals surface area contributed by atoms with E-state index in [0.717, 1.165) is 19.0 Å². The smallest absolute Gasteiger partial charge is 0.329 e. The molecule has 0 saturated carbocycles. The summed E-state index contributed by atoms with van der Waals surface area (Å²) < 4.78 is 0. The van der Waals surface area contributed by atoms with E-state index in [9.17, 15) is 4.79 Å².